The molecule has 4 nitrogen and oxygen atoms in total. The van der Waals surface area contributed by atoms with Crippen molar-refractivity contribution in [3.8, 4) is 0 Å². The molecular formula is C10H14BrN3OS. The van der Waals surface area contributed by atoms with Crippen molar-refractivity contribution in [2.24, 2.45) is 5.73 Å². The highest BCUT2D eigenvalue weighted by molar-refractivity contribution is 9.10. The number of hydrogen-bond donors (Lipinski definition) is 2. The molecule has 88 valence electrons. The van der Waals surface area contributed by atoms with Crippen LogP contribution in [0.25, 0.3) is 0 Å². The van der Waals surface area contributed by atoms with Crippen LogP contribution in [0.5, 0.6) is 0 Å². The average molecular weight is 304 g/mol. The number of rotatable bonds is 5. The second-order valence-corrected chi connectivity index (χ2v) is 4.96. The van der Waals surface area contributed by atoms with Gasteiger partial charge in [0.25, 0.3) is 0 Å². The number of thioether (sulfide) groups is 1. The molecule has 0 bridgehead atoms. The van der Waals surface area contributed by atoms with E-state index in [0.29, 0.717) is 16.7 Å². The molecule has 0 aliphatic heterocycles. The Morgan fingerprint density at radius 1 is 1.75 bits per heavy atom. The number of halogens is 1. The minimum Gasteiger partial charge on any atom is -0.322 e. The van der Waals surface area contributed by atoms with Gasteiger partial charge in [0, 0.05) is 6.20 Å². The van der Waals surface area contributed by atoms with Crippen molar-refractivity contribution in [3.05, 3.63) is 22.9 Å². The van der Waals surface area contributed by atoms with Crippen LogP contribution < -0.4 is 11.1 Å². The molecule has 0 saturated heterocycles. The number of aromatic nitrogens is 1. The zero-order chi connectivity index (χ0) is 12.0. The maximum absolute atomic E-state index is 11.7. The largest absolute Gasteiger partial charge is 0.322 e. The van der Waals surface area contributed by atoms with Gasteiger partial charge in [-0.2, -0.15) is 11.8 Å². The maximum atomic E-state index is 11.7. The highest BCUT2D eigenvalue weighted by Gasteiger charge is 2.14. The van der Waals surface area contributed by atoms with Gasteiger partial charge in [-0.3, -0.25) is 4.79 Å². The number of nitrogens with one attached hydrogen (secondary N) is 1. The van der Waals surface area contributed by atoms with Crippen LogP contribution in [0.15, 0.2) is 22.9 Å². The first-order valence-electron chi connectivity index (χ1n) is 4.81. The quantitative estimate of drug-likeness (QED) is 0.815. The minimum atomic E-state index is -0.473. The summed E-state index contributed by atoms with van der Waals surface area (Å²) in [5, 5.41) is 2.74. The van der Waals surface area contributed by atoms with Gasteiger partial charge in [-0.1, -0.05) is 0 Å². The summed E-state index contributed by atoms with van der Waals surface area (Å²) in [4.78, 5) is 15.7. The molecule has 1 rings (SSSR count). The minimum absolute atomic E-state index is 0.178. The Kier molecular flexibility index (Phi) is 5.79. The standard InChI is InChI=1S/C10H14BrN3OS/c1-16-6-4-7(12)10(15)14-8-3-2-5-13-9(8)11/h2-3,5,7H,4,6,12H2,1H3,(H,14,15)/t7-/m1/s1. The number of hydrogen-bond acceptors (Lipinski definition) is 4. The van der Waals surface area contributed by atoms with Gasteiger partial charge < -0.3 is 11.1 Å². The van der Waals surface area contributed by atoms with Gasteiger partial charge in [0.2, 0.25) is 5.91 Å². The molecule has 1 amide bonds. The molecular weight excluding hydrogens is 290 g/mol. The number of amides is 1. The van der Waals surface area contributed by atoms with Crippen molar-refractivity contribution in [3.63, 3.8) is 0 Å². The maximum Gasteiger partial charge on any atom is 0.241 e. The van der Waals surface area contributed by atoms with Crippen LogP contribution in [-0.2, 0) is 4.79 Å². The Hall–Kier alpha value is -0.590. The second-order valence-electron chi connectivity index (χ2n) is 3.22. The summed E-state index contributed by atoms with van der Waals surface area (Å²) in [6.45, 7) is 0. The molecule has 1 aromatic rings. The topological polar surface area (TPSA) is 68.0 Å². The van der Waals surface area contributed by atoms with Crippen LogP contribution in [0.2, 0.25) is 0 Å². The van der Waals surface area contributed by atoms with Gasteiger partial charge in [-0.05, 0) is 46.5 Å². The molecule has 1 aromatic heterocycles. The number of carbonyl (C=O) groups is 1. The molecule has 0 radical (unpaired) electrons. The third-order valence-corrected chi connectivity index (χ3v) is 3.26. The summed E-state index contributed by atoms with van der Waals surface area (Å²) in [5.41, 5.74) is 6.39. The molecule has 0 saturated carbocycles. The third kappa shape index (κ3) is 4.11. The van der Waals surface area contributed by atoms with Crippen molar-refractivity contribution in [2.75, 3.05) is 17.3 Å². The molecule has 6 heteroatoms. The van der Waals surface area contributed by atoms with Crippen molar-refractivity contribution < 1.29 is 4.79 Å². The van der Waals surface area contributed by atoms with E-state index < -0.39 is 6.04 Å². The molecule has 1 atom stereocenters. The summed E-state index contributed by atoms with van der Waals surface area (Å²) in [5.74, 6) is 0.700. The fraction of sp³-hybridized carbons (Fsp3) is 0.400. The normalized spacial score (nSPS) is 12.2. The highest BCUT2D eigenvalue weighted by atomic mass is 79.9. The first-order chi connectivity index (χ1) is 7.65. The van der Waals surface area contributed by atoms with Gasteiger partial charge in [-0.15, -0.1) is 0 Å². The molecule has 3 N–H and O–H groups in total. The second kappa shape index (κ2) is 6.88. The molecule has 0 unspecified atom stereocenters. The van der Waals surface area contributed by atoms with Crippen LogP contribution >= 0.6 is 27.7 Å². The zero-order valence-electron chi connectivity index (χ0n) is 8.94. The Morgan fingerprint density at radius 3 is 3.12 bits per heavy atom. The fourth-order valence-corrected chi connectivity index (χ4v) is 1.92. The lowest BCUT2D eigenvalue weighted by Crippen LogP contribution is -2.36. The Bertz CT molecular complexity index is 362. The van der Waals surface area contributed by atoms with E-state index in [9.17, 15) is 4.79 Å². The average Bonchev–Trinajstić information content (AvgIpc) is 2.28. The Morgan fingerprint density at radius 2 is 2.50 bits per heavy atom. The van der Waals surface area contributed by atoms with E-state index in [1.54, 1.807) is 30.1 Å². The molecule has 0 aliphatic carbocycles. The predicted molar refractivity (Wildman–Crippen MR) is 71.5 cm³/mol. The summed E-state index contributed by atoms with van der Waals surface area (Å²) in [6, 6.07) is 3.06. The van der Waals surface area contributed by atoms with Crippen LogP contribution in [0, 0.1) is 0 Å². The monoisotopic (exact) mass is 303 g/mol. The van der Waals surface area contributed by atoms with E-state index in [1.165, 1.54) is 0 Å². The zero-order valence-corrected chi connectivity index (χ0v) is 11.3. The molecule has 0 fully saturated rings. The van der Waals surface area contributed by atoms with E-state index >= 15 is 0 Å². The molecule has 0 aromatic carbocycles. The number of nitrogens with zero attached hydrogens (tertiary/aromatic N) is 1. The van der Waals surface area contributed by atoms with Gasteiger partial charge in [-0.25, -0.2) is 4.98 Å². The van der Waals surface area contributed by atoms with Crippen molar-refractivity contribution in [1.82, 2.24) is 4.98 Å². The van der Waals surface area contributed by atoms with Crippen LogP contribution in [0.1, 0.15) is 6.42 Å². The molecule has 1 heterocycles. The van der Waals surface area contributed by atoms with E-state index in [1.807, 2.05) is 6.26 Å². The number of carbonyl (C=O) groups excluding carboxylic acids is 1. The van der Waals surface area contributed by atoms with Crippen molar-refractivity contribution in [2.45, 2.75) is 12.5 Å². The van der Waals surface area contributed by atoms with Crippen LogP contribution in [0.3, 0.4) is 0 Å². The SMILES string of the molecule is CSCC[C@@H](N)C(=O)Nc1cccnc1Br. The number of nitrogens with two attached hydrogens (primary N) is 1. The molecule has 16 heavy (non-hydrogen) atoms. The van der Waals surface area contributed by atoms with Crippen LogP contribution in [0.4, 0.5) is 5.69 Å². The Balaban J connectivity index is 2.54. The van der Waals surface area contributed by atoms with Crippen LogP contribution in [-0.4, -0.2) is 28.9 Å². The highest BCUT2D eigenvalue weighted by Crippen LogP contribution is 2.18. The van der Waals surface area contributed by atoms with Gasteiger partial charge >= 0.3 is 0 Å². The van der Waals surface area contributed by atoms with E-state index in [0.717, 1.165) is 5.75 Å². The first kappa shape index (κ1) is 13.5. The third-order valence-electron chi connectivity index (χ3n) is 1.99. The Labute approximate surface area is 108 Å². The molecule has 0 aliphatic rings. The summed E-state index contributed by atoms with van der Waals surface area (Å²) >= 11 is 4.93. The first-order valence-corrected chi connectivity index (χ1v) is 6.99. The predicted octanol–water partition coefficient (Wildman–Crippen LogP) is 1.86. The number of pyridine rings is 1. The van der Waals surface area contributed by atoms with E-state index in [4.69, 9.17) is 5.73 Å². The van der Waals surface area contributed by atoms with E-state index in [-0.39, 0.29) is 5.91 Å². The summed E-state index contributed by atoms with van der Waals surface area (Å²) < 4.78 is 0.611. The fourth-order valence-electron chi connectivity index (χ4n) is 1.08. The summed E-state index contributed by atoms with van der Waals surface area (Å²) in [7, 11) is 0. The lowest BCUT2D eigenvalue weighted by atomic mass is 10.2. The van der Waals surface area contributed by atoms with E-state index in [2.05, 4.69) is 26.2 Å². The van der Waals surface area contributed by atoms with Gasteiger partial charge in [0.05, 0.1) is 11.7 Å². The summed E-state index contributed by atoms with van der Waals surface area (Å²) in [6.07, 6.45) is 4.31. The van der Waals surface area contributed by atoms with Crippen molar-refractivity contribution >= 4 is 39.3 Å². The van der Waals surface area contributed by atoms with Gasteiger partial charge in [0.1, 0.15) is 4.60 Å². The van der Waals surface area contributed by atoms with Crippen molar-refractivity contribution in [1.29, 1.82) is 0 Å². The molecule has 0 spiro atoms. The lowest BCUT2D eigenvalue weighted by Gasteiger charge is -2.12. The number of anilines is 1. The smallest absolute Gasteiger partial charge is 0.241 e. The van der Waals surface area contributed by atoms with Gasteiger partial charge in [0.15, 0.2) is 0 Å². The lowest BCUT2D eigenvalue weighted by molar-refractivity contribution is -0.117.